The molecule has 0 aliphatic carbocycles. The number of hydrogen-bond acceptors (Lipinski definition) is 7. The maximum absolute atomic E-state index is 9.61. The summed E-state index contributed by atoms with van der Waals surface area (Å²) in [6, 6.07) is 19.2. The zero-order chi connectivity index (χ0) is 23.5. The summed E-state index contributed by atoms with van der Waals surface area (Å²) in [5, 5.41) is 16.4. The van der Waals surface area contributed by atoms with Gasteiger partial charge in [-0.3, -0.25) is 0 Å². The Labute approximate surface area is 199 Å². The molecule has 0 amide bonds. The lowest BCUT2D eigenvalue weighted by molar-refractivity contribution is 0.235. The molecular formula is C26H31N7O. The van der Waals surface area contributed by atoms with Crippen molar-refractivity contribution in [3.63, 3.8) is 0 Å². The third-order valence-corrected chi connectivity index (χ3v) is 6.25. The summed E-state index contributed by atoms with van der Waals surface area (Å²) >= 11 is 0. The van der Waals surface area contributed by atoms with E-state index in [9.17, 15) is 5.11 Å². The van der Waals surface area contributed by atoms with Crippen molar-refractivity contribution in [2.24, 2.45) is 0 Å². The van der Waals surface area contributed by atoms with Gasteiger partial charge in [-0.05, 0) is 30.5 Å². The number of hydrogen-bond donors (Lipinski definition) is 3. The number of piperazine rings is 1. The molecule has 0 unspecified atom stereocenters. The Bertz CT molecular complexity index is 1240. The molecule has 1 aliphatic heterocycles. The Morgan fingerprint density at radius 2 is 1.82 bits per heavy atom. The minimum absolute atomic E-state index is 0.0163. The summed E-state index contributed by atoms with van der Waals surface area (Å²) in [6.07, 6.45) is 1.84. The van der Waals surface area contributed by atoms with Crippen LogP contribution in [0.15, 0.2) is 60.9 Å². The normalized spacial score (nSPS) is 16.4. The van der Waals surface area contributed by atoms with E-state index in [0.717, 1.165) is 30.1 Å². The zero-order valence-corrected chi connectivity index (χ0v) is 19.6. The second kappa shape index (κ2) is 9.79. The third-order valence-electron chi connectivity index (χ3n) is 6.25. The van der Waals surface area contributed by atoms with Gasteiger partial charge < -0.3 is 25.2 Å². The van der Waals surface area contributed by atoms with E-state index in [1.165, 1.54) is 16.7 Å². The molecule has 4 aromatic rings. The number of fused-ring (bicyclic) bond motifs is 1. The first-order valence-corrected chi connectivity index (χ1v) is 11.8. The number of aliphatic hydroxyl groups is 1. The fraction of sp³-hybridized carbons (Fsp3) is 0.346. The maximum Gasteiger partial charge on any atom is 0.229 e. The minimum Gasteiger partial charge on any atom is -0.395 e. The highest BCUT2D eigenvalue weighted by Gasteiger charge is 2.23. The Kier molecular flexibility index (Phi) is 6.42. The molecule has 34 heavy (non-hydrogen) atoms. The van der Waals surface area contributed by atoms with Crippen LogP contribution in [0.1, 0.15) is 25.5 Å². The van der Waals surface area contributed by atoms with Crippen LogP contribution in [0, 0.1) is 0 Å². The molecule has 3 heterocycles. The molecule has 0 spiro atoms. The van der Waals surface area contributed by atoms with Gasteiger partial charge in [-0.15, -0.1) is 0 Å². The molecule has 3 N–H and O–H groups in total. The SMILES string of the molecule is CC(C)n1cnc2c(NCc3ccc(-c4ccccc4)cc3)nc(N3CCN[C@@H](CO)C3)nc21. The fourth-order valence-corrected chi connectivity index (χ4v) is 4.31. The van der Waals surface area contributed by atoms with Crippen LogP contribution in [0.4, 0.5) is 11.8 Å². The van der Waals surface area contributed by atoms with Crippen molar-refractivity contribution in [3.8, 4) is 11.1 Å². The summed E-state index contributed by atoms with van der Waals surface area (Å²) in [4.78, 5) is 16.5. The van der Waals surface area contributed by atoms with Gasteiger partial charge in [0.1, 0.15) is 0 Å². The highest BCUT2D eigenvalue weighted by atomic mass is 16.3. The average molecular weight is 458 g/mol. The van der Waals surface area contributed by atoms with E-state index in [0.29, 0.717) is 19.0 Å². The number of aliphatic hydroxyl groups excluding tert-OH is 1. The van der Waals surface area contributed by atoms with Crippen LogP contribution in [0.5, 0.6) is 0 Å². The summed E-state index contributed by atoms with van der Waals surface area (Å²) < 4.78 is 2.08. The Balaban J connectivity index is 1.41. The number of anilines is 2. The van der Waals surface area contributed by atoms with E-state index < -0.39 is 0 Å². The highest BCUT2D eigenvalue weighted by Crippen LogP contribution is 2.26. The number of nitrogens with zero attached hydrogens (tertiary/aromatic N) is 5. The van der Waals surface area contributed by atoms with Gasteiger partial charge in [0, 0.05) is 38.3 Å². The standard InChI is InChI=1S/C26H31N7O/c1-18(2)33-17-29-23-24(30-26(31-25(23)33)32-13-12-27-22(15-32)16-34)28-14-19-8-10-21(11-9-19)20-6-4-3-5-7-20/h3-11,17-18,22,27,34H,12-16H2,1-2H3,(H,28,30,31)/t22-/m1/s1. The van der Waals surface area contributed by atoms with Crippen LogP contribution in [0.2, 0.25) is 0 Å². The second-order valence-corrected chi connectivity index (χ2v) is 8.99. The fourth-order valence-electron chi connectivity index (χ4n) is 4.31. The topological polar surface area (TPSA) is 91.1 Å². The van der Waals surface area contributed by atoms with Crippen molar-refractivity contribution < 1.29 is 5.11 Å². The summed E-state index contributed by atoms with van der Waals surface area (Å²) in [5.74, 6) is 1.39. The largest absolute Gasteiger partial charge is 0.395 e. The number of nitrogens with one attached hydrogen (secondary N) is 2. The number of benzene rings is 2. The van der Waals surface area contributed by atoms with Gasteiger partial charge in [0.2, 0.25) is 5.95 Å². The third kappa shape index (κ3) is 4.60. The lowest BCUT2D eigenvalue weighted by Gasteiger charge is -2.33. The van der Waals surface area contributed by atoms with Crippen LogP contribution in [0.3, 0.4) is 0 Å². The van der Waals surface area contributed by atoms with Gasteiger partial charge in [0.05, 0.1) is 12.9 Å². The second-order valence-electron chi connectivity index (χ2n) is 8.99. The monoisotopic (exact) mass is 457 g/mol. The predicted molar refractivity (Wildman–Crippen MR) is 136 cm³/mol. The molecule has 1 saturated heterocycles. The molecule has 0 bridgehead atoms. The van der Waals surface area contributed by atoms with E-state index in [4.69, 9.17) is 9.97 Å². The van der Waals surface area contributed by atoms with Crippen molar-refractivity contribution in [1.82, 2.24) is 24.8 Å². The maximum atomic E-state index is 9.61. The Morgan fingerprint density at radius 1 is 1.06 bits per heavy atom. The van der Waals surface area contributed by atoms with Gasteiger partial charge in [-0.1, -0.05) is 54.6 Å². The van der Waals surface area contributed by atoms with Crippen molar-refractivity contribution >= 4 is 22.9 Å². The number of imidazole rings is 1. The summed E-state index contributed by atoms with van der Waals surface area (Å²) in [5.41, 5.74) is 5.16. The first-order chi connectivity index (χ1) is 16.6. The van der Waals surface area contributed by atoms with Crippen LogP contribution in [-0.2, 0) is 6.54 Å². The summed E-state index contributed by atoms with van der Waals surface area (Å²) in [7, 11) is 0. The molecule has 8 nitrogen and oxygen atoms in total. The van der Waals surface area contributed by atoms with Gasteiger partial charge >= 0.3 is 0 Å². The average Bonchev–Trinajstić information content (AvgIpc) is 3.33. The quantitative estimate of drug-likeness (QED) is 0.391. The summed E-state index contributed by atoms with van der Waals surface area (Å²) in [6.45, 7) is 7.21. The first-order valence-electron chi connectivity index (χ1n) is 11.8. The van der Waals surface area contributed by atoms with Gasteiger partial charge in [0.15, 0.2) is 17.0 Å². The van der Waals surface area contributed by atoms with Crippen LogP contribution in [-0.4, -0.2) is 56.9 Å². The zero-order valence-electron chi connectivity index (χ0n) is 19.6. The van der Waals surface area contributed by atoms with Gasteiger partial charge in [-0.25, -0.2) is 4.98 Å². The van der Waals surface area contributed by atoms with Crippen molar-refractivity contribution in [2.45, 2.75) is 32.5 Å². The number of aromatic nitrogens is 4. The van der Waals surface area contributed by atoms with Crippen molar-refractivity contribution in [1.29, 1.82) is 0 Å². The van der Waals surface area contributed by atoms with E-state index in [1.807, 2.05) is 12.4 Å². The van der Waals surface area contributed by atoms with Gasteiger partial charge in [0.25, 0.3) is 0 Å². The molecule has 8 heteroatoms. The van der Waals surface area contributed by atoms with Gasteiger partial charge in [-0.2, -0.15) is 9.97 Å². The van der Waals surface area contributed by atoms with E-state index in [-0.39, 0.29) is 18.7 Å². The van der Waals surface area contributed by atoms with Crippen LogP contribution >= 0.6 is 0 Å². The molecule has 2 aromatic heterocycles. The lowest BCUT2D eigenvalue weighted by Crippen LogP contribution is -2.52. The molecular weight excluding hydrogens is 426 g/mol. The predicted octanol–water partition coefficient (Wildman–Crippen LogP) is 3.46. The lowest BCUT2D eigenvalue weighted by atomic mass is 10.0. The van der Waals surface area contributed by atoms with Crippen molar-refractivity contribution in [2.75, 3.05) is 36.5 Å². The molecule has 0 saturated carbocycles. The minimum atomic E-state index is 0.0163. The van der Waals surface area contributed by atoms with E-state index in [1.54, 1.807) is 0 Å². The van der Waals surface area contributed by atoms with Crippen molar-refractivity contribution in [3.05, 3.63) is 66.5 Å². The molecule has 176 valence electrons. The Morgan fingerprint density at radius 3 is 2.56 bits per heavy atom. The smallest absolute Gasteiger partial charge is 0.229 e. The van der Waals surface area contributed by atoms with E-state index in [2.05, 4.69) is 87.5 Å². The van der Waals surface area contributed by atoms with Crippen LogP contribution in [0.25, 0.3) is 22.3 Å². The highest BCUT2D eigenvalue weighted by molar-refractivity contribution is 5.84. The Hall–Kier alpha value is -3.49. The molecule has 1 aliphatic rings. The molecule has 0 radical (unpaired) electrons. The number of rotatable bonds is 7. The van der Waals surface area contributed by atoms with Crippen LogP contribution < -0.4 is 15.5 Å². The van der Waals surface area contributed by atoms with E-state index >= 15 is 0 Å². The molecule has 1 fully saturated rings. The first kappa shape index (κ1) is 22.3. The molecule has 1 atom stereocenters. The molecule has 5 rings (SSSR count). The molecule has 2 aromatic carbocycles.